The number of carbonyl (C=O) groups excluding carboxylic acids is 1. The number of nitrogens with zero attached hydrogens (tertiary/aromatic N) is 5. The maximum absolute atomic E-state index is 12.6. The number of aryl methyl sites for hydroxylation is 1. The number of aromatic nitrogens is 5. The zero-order valence-corrected chi connectivity index (χ0v) is 13.8. The summed E-state index contributed by atoms with van der Waals surface area (Å²) < 4.78 is 2.85. The molecule has 4 heterocycles. The van der Waals surface area contributed by atoms with Crippen LogP contribution >= 0.6 is 0 Å². The summed E-state index contributed by atoms with van der Waals surface area (Å²) in [4.78, 5) is 26.7. The number of aromatic amines is 1. The fourth-order valence-electron chi connectivity index (χ4n) is 3.42. The third-order valence-corrected chi connectivity index (χ3v) is 4.76. The van der Waals surface area contributed by atoms with E-state index >= 15 is 0 Å². The maximum Gasteiger partial charge on any atom is 0.350 e. The van der Waals surface area contributed by atoms with Crippen LogP contribution in [-0.2, 0) is 11.3 Å². The van der Waals surface area contributed by atoms with Crippen molar-refractivity contribution < 1.29 is 4.79 Å². The van der Waals surface area contributed by atoms with Gasteiger partial charge in [0.1, 0.15) is 0 Å². The molecule has 1 amide bonds. The van der Waals surface area contributed by atoms with Crippen LogP contribution in [0.5, 0.6) is 0 Å². The normalized spacial score (nSPS) is 17.9. The number of hydrogen-bond donors (Lipinski definition) is 1. The van der Waals surface area contributed by atoms with Crippen molar-refractivity contribution in [2.75, 3.05) is 13.1 Å². The van der Waals surface area contributed by atoms with Gasteiger partial charge >= 0.3 is 5.69 Å². The third kappa shape index (κ3) is 3.07. The van der Waals surface area contributed by atoms with Gasteiger partial charge in [-0.3, -0.25) is 14.3 Å². The molecule has 1 saturated heterocycles. The third-order valence-electron chi connectivity index (χ3n) is 4.76. The predicted octanol–water partition coefficient (Wildman–Crippen LogP) is 1.02. The molecule has 8 heteroatoms. The molecule has 0 aliphatic carbocycles. The lowest BCUT2D eigenvalue weighted by molar-refractivity contribution is -0.132. The van der Waals surface area contributed by atoms with Crippen LogP contribution in [0, 0.1) is 0 Å². The minimum Gasteiger partial charge on any atom is -0.342 e. The number of pyridine rings is 1. The Morgan fingerprint density at radius 1 is 1.32 bits per heavy atom. The van der Waals surface area contributed by atoms with Crippen LogP contribution in [0.1, 0.15) is 30.9 Å². The van der Waals surface area contributed by atoms with E-state index in [-0.39, 0.29) is 18.0 Å². The van der Waals surface area contributed by atoms with E-state index in [2.05, 4.69) is 15.3 Å². The molecular formula is C17H20N6O2. The second kappa shape index (κ2) is 6.54. The Balaban J connectivity index is 1.41. The molecule has 130 valence electrons. The average Bonchev–Trinajstić information content (AvgIpc) is 3.29. The molecule has 3 aromatic heterocycles. The minimum atomic E-state index is -0.211. The first-order chi connectivity index (χ1) is 12.2. The minimum absolute atomic E-state index is 0.0631. The van der Waals surface area contributed by atoms with Crippen molar-refractivity contribution in [3.63, 3.8) is 0 Å². The number of amides is 1. The van der Waals surface area contributed by atoms with Gasteiger partial charge in [-0.15, -0.1) is 5.10 Å². The number of rotatable bonds is 4. The van der Waals surface area contributed by atoms with Crippen molar-refractivity contribution in [2.45, 2.75) is 31.7 Å². The highest BCUT2D eigenvalue weighted by Crippen LogP contribution is 2.25. The second-order valence-electron chi connectivity index (χ2n) is 6.38. The molecule has 1 N–H and O–H groups in total. The summed E-state index contributed by atoms with van der Waals surface area (Å²) in [5.41, 5.74) is 1.46. The van der Waals surface area contributed by atoms with Gasteiger partial charge in [0.2, 0.25) is 5.91 Å². The Hall–Kier alpha value is -2.90. The summed E-state index contributed by atoms with van der Waals surface area (Å²) in [6, 6.07) is 7.36. The number of likely N-dealkylation sites (tertiary alicyclic amines) is 1. The van der Waals surface area contributed by atoms with Gasteiger partial charge in [0.25, 0.3) is 0 Å². The van der Waals surface area contributed by atoms with Gasteiger partial charge in [-0.2, -0.15) is 5.10 Å². The van der Waals surface area contributed by atoms with E-state index in [0.29, 0.717) is 24.7 Å². The molecule has 0 radical (unpaired) electrons. The lowest BCUT2D eigenvalue weighted by atomic mass is 9.95. The zero-order chi connectivity index (χ0) is 17.2. The van der Waals surface area contributed by atoms with Gasteiger partial charge in [0, 0.05) is 43.5 Å². The molecule has 0 saturated carbocycles. The molecule has 1 aliphatic rings. The van der Waals surface area contributed by atoms with E-state index in [0.717, 1.165) is 25.1 Å². The SMILES string of the molecule is O=C(CCn1nc2ccccn2c1=O)N1CCC[C@H](c2ccn[nH]2)C1. The molecular weight excluding hydrogens is 320 g/mol. The first kappa shape index (κ1) is 15.6. The first-order valence-electron chi connectivity index (χ1n) is 8.53. The standard InChI is InChI=1S/C17H20N6O2/c24-16(21-9-3-4-13(12-21)14-6-8-18-19-14)7-11-23-17(25)22-10-2-1-5-15(22)20-23/h1-2,5-6,8,10,13H,3-4,7,9,11-12H2,(H,18,19)/t13-/m0/s1. The molecule has 1 atom stereocenters. The maximum atomic E-state index is 12.6. The Kier molecular flexibility index (Phi) is 4.09. The summed E-state index contributed by atoms with van der Waals surface area (Å²) in [7, 11) is 0. The quantitative estimate of drug-likeness (QED) is 0.768. The van der Waals surface area contributed by atoms with Crippen molar-refractivity contribution in [3.8, 4) is 0 Å². The second-order valence-corrected chi connectivity index (χ2v) is 6.38. The van der Waals surface area contributed by atoms with E-state index in [1.165, 1.54) is 9.08 Å². The molecule has 1 fully saturated rings. The molecule has 4 rings (SSSR count). The summed E-state index contributed by atoms with van der Waals surface area (Å²) in [5, 5.41) is 11.3. The molecule has 0 unspecified atom stereocenters. The Morgan fingerprint density at radius 2 is 2.24 bits per heavy atom. The van der Waals surface area contributed by atoms with Gasteiger partial charge in [-0.25, -0.2) is 9.48 Å². The monoisotopic (exact) mass is 340 g/mol. The number of nitrogens with one attached hydrogen (secondary N) is 1. The highest BCUT2D eigenvalue weighted by molar-refractivity contribution is 5.76. The van der Waals surface area contributed by atoms with Crippen LogP contribution in [0.25, 0.3) is 5.65 Å². The number of hydrogen-bond acceptors (Lipinski definition) is 4. The topological polar surface area (TPSA) is 88.3 Å². The zero-order valence-electron chi connectivity index (χ0n) is 13.8. The predicted molar refractivity (Wildman–Crippen MR) is 91.2 cm³/mol. The van der Waals surface area contributed by atoms with E-state index in [1.807, 2.05) is 17.0 Å². The molecule has 1 aliphatic heterocycles. The first-order valence-corrected chi connectivity index (χ1v) is 8.53. The van der Waals surface area contributed by atoms with Gasteiger partial charge < -0.3 is 4.90 Å². The highest BCUT2D eigenvalue weighted by atomic mass is 16.2. The molecule has 0 aromatic carbocycles. The molecule has 0 spiro atoms. The molecule has 25 heavy (non-hydrogen) atoms. The number of H-pyrrole nitrogens is 1. The van der Waals surface area contributed by atoms with Gasteiger partial charge in [-0.05, 0) is 31.0 Å². The van der Waals surface area contributed by atoms with Crippen LogP contribution in [0.4, 0.5) is 0 Å². The van der Waals surface area contributed by atoms with Crippen molar-refractivity contribution in [3.05, 3.63) is 52.8 Å². The van der Waals surface area contributed by atoms with Gasteiger partial charge in [0.15, 0.2) is 5.65 Å². The Bertz CT molecular complexity index is 926. The number of fused-ring (bicyclic) bond motifs is 1. The van der Waals surface area contributed by atoms with Gasteiger partial charge in [-0.1, -0.05) is 6.07 Å². The molecule has 3 aromatic rings. The number of piperidine rings is 1. The molecule has 0 bridgehead atoms. The highest BCUT2D eigenvalue weighted by Gasteiger charge is 2.25. The van der Waals surface area contributed by atoms with Crippen molar-refractivity contribution >= 4 is 11.6 Å². The van der Waals surface area contributed by atoms with Crippen molar-refractivity contribution in [2.24, 2.45) is 0 Å². The summed E-state index contributed by atoms with van der Waals surface area (Å²) in [6.07, 6.45) is 5.73. The van der Waals surface area contributed by atoms with E-state index < -0.39 is 0 Å². The fourth-order valence-corrected chi connectivity index (χ4v) is 3.42. The Labute approximate surface area is 144 Å². The van der Waals surface area contributed by atoms with Gasteiger partial charge in [0.05, 0.1) is 6.54 Å². The van der Waals surface area contributed by atoms with E-state index in [4.69, 9.17) is 0 Å². The Morgan fingerprint density at radius 3 is 3.04 bits per heavy atom. The van der Waals surface area contributed by atoms with Crippen LogP contribution in [0.3, 0.4) is 0 Å². The summed E-state index contributed by atoms with van der Waals surface area (Å²) in [5.74, 6) is 0.367. The molecule has 8 nitrogen and oxygen atoms in total. The average molecular weight is 340 g/mol. The lowest BCUT2D eigenvalue weighted by Crippen LogP contribution is -2.40. The smallest absolute Gasteiger partial charge is 0.342 e. The summed E-state index contributed by atoms with van der Waals surface area (Å²) in [6.45, 7) is 1.76. The fraction of sp³-hybridized carbons (Fsp3) is 0.412. The van der Waals surface area contributed by atoms with Crippen LogP contribution < -0.4 is 5.69 Å². The summed E-state index contributed by atoms with van der Waals surface area (Å²) >= 11 is 0. The largest absolute Gasteiger partial charge is 0.350 e. The van der Waals surface area contributed by atoms with Crippen LogP contribution in [0.15, 0.2) is 41.5 Å². The van der Waals surface area contributed by atoms with Crippen molar-refractivity contribution in [1.82, 2.24) is 29.3 Å². The van der Waals surface area contributed by atoms with Crippen LogP contribution in [0.2, 0.25) is 0 Å². The lowest BCUT2D eigenvalue weighted by Gasteiger charge is -2.32. The number of carbonyl (C=O) groups is 1. The van der Waals surface area contributed by atoms with E-state index in [9.17, 15) is 9.59 Å². The van der Waals surface area contributed by atoms with E-state index in [1.54, 1.807) is 24.5 Å². The van der Waals surface area contributed by atoms with Crippen molar-refractivity contribution in [1.29, 1.82) is 0 Å². The van der Waals surface area contributed by atoms with Crippen LogP contribution in [-0.4, -0.2) is 48.3 Å².